The first-order chi connectivity index (χ1) is 14.0. The number of carbonyl (C=O) groups excluding carboxylic acids is 2. The standard InChI is InChI=1S/C21H29F3N2O4S/c1-14(31)26(18(28)25-20(5,6)17(27)30-19(2,3)4)12-16(29-13-21(22,23)24)15-10-8-7-9-11-15/h7-11,16,31H,1,12-13H2,2-6H3,(H,25,28). The second kappa shape index (κ2) is 10.4. The van der Waals surface area contributed by atoms with Gasteiger partial charge >= 0.3 is 18.2 Å². The van der Waals surface area contributed by atoms with Crippen LogP contribution in [0, 0.1) is 0 Å². The third kappa shape index (κ3) is 9.65. The Morgan fingerprint density at radius 3 is 2.13 bits per heavy atom. The smallest absolute Gasteiger partial charge is 0.411 e. The zero-order chi connectivity index (χ0) is 24.0. The van der Waals surface area contributed by atoms with Crippen LogP contribution >= 0.6 is 12.6 Å². The number of thiol groups is 1. The summed E-state index contributed by atoms with van der Waals surface area (Å²) in [7, 11) is 0. The summed E-state index contributed by atoms with van der Waals surface area (Å²) in [6.45, 7) is 9.77. The molecule has 0 radical (unpaired) electrons. The molecule has 1 rings (SSSR count). The second-order valence-electron chi connectivity index (χ2n) is 8.41. The predicted molar refractivity (Wildman–Crippen MR) is 114 cm³/mol. The Bertz CT molecular complexity index is 777. The number of alkyl halides is 3. The highest BCUT2D eigenvalue weighted by molar-refractivity contribution is 7.84. The first-order valence-corrected chi connectivity index (χ1v) is 9.91. The van der Waals surface area contributed by atoms with E-state index in [1.54, 1.807) is 51.1 Å². The van der Waals surface area contributed by atoms with Gasteiger partial charge in [0, 0.05) is 0 Å². The summed E-state index contributed by atoms with van der Waals surface area (Å²) < 4.78 is 48.6. The van der Waals surface area contributed by atoms with E-state index in [1.165, 1.54) is 13.8 Å². The van der Waals surface area contributed by atoms with Gasteiger partial charge in [0.25, 0.3) is 0 Å². The van der Waals surface area contributed by atoms with E-state index in [2.05, 4.69) is 24.5 Å². The highest BCUT2D eigenvalue weighted by Crippen LogP contribution is 2.25. The molecule has 6 nitrogen and oxygen atoms in total. The molecule has 0 saturated heterocycles. The average Bonchev–Trinajstić information content (AvgIpc) is 2.59. The van der Waals surface area contributed by atoms with Crippen LogP contribution in [-0.2, 0) is 14.3 Å². The number of amides is 2. The van der Waals surface area contributed by atoms with Gasteiger partial charge in [0.05, 0.1) is 11.6 Å². The molecule has 0 bridgehead atoms. The molecule has 1 atom stereocenters. The summed E-state index contributed by atoms with van der Waals surface area (Å²) in [4.78, 5) is 26.3. The fraction of sp³-hybridized carbons (Fsp3) is 0.524. The van der Waals surface area contributed by atoms with Gasteiger partial charge in [-0.3, -0.25) is 4.90 Å². The molecular formula is C21H29F3N2O4S. The van der Waals surface area contributed by atoms with Crippen molar-refractivity contribution in [1.82, 2.24) is 10.2 Å². The van der Waals surface area contributed by atoms with Crippen LogP contribution in [0.15, 0.2) is 41.9 Å². The summed E-state index contributed by atoms with van der Waals surface area (Å²) in [6.07, 6.45) is -5.65. The maximum absolute atomic E-state index is 12.9. The lowest BCUT2D eigenvalue weighted by molar-refractivity contribution is -0.186. The number of rotatable bonds is 8. The van der Waals surface area contributed by atoms with Crippen LogP contribution in [0.3, 0.4) is 0 Å². The molecule has 1 aromatic rings. The molecule has 0 spiro atoms. The van der Waals surface area contributed by atoms with E-state index >= 15 is 0 Å². The zero-order valence-corrected chi connectivity index (χ0v) is 19.1. The van der Waals surface area contributed by atoms with Gasteiger partial charge in [0.15, 0.2) is 0 Å². The van der Waals surface area contributed by atoms with Gasteiger partial charge in [-0.1, -0.05) is 36.9 Å². The fourth-order valence-corrected chi connectivity index (χ4v) is 2.55. The molecule has 0 aliphatic heterocycles. The summed E-state index contributed by atoms with van der Waals surface area (Å²) >= 11 is 4.09. The average molecular weight is 463 g/mol. The molecule has 2 amide bonds. The van der Waals surface area contributed by atoms with Crippen molar-refractivity contribution in [1.29, 1.82) is 0 Å². The van der Waals surface area contributed by atoms with Gasteiger partial charge in [-0.2, -0.15) is 13.2 Å². The molecule has 31 heavy (non-hydrogen) atoms. The van der Waals surface area contributed by atoms with Crippen LogP contribution in [0.2, 0.25) is 0 Å². The minimum absolute atomic E-state index is 0.0333. The Morgan fingerprint density at radius 1 is 1.13 bits per heavy atom. The summed E-state index contributed by atoms with van der Waals surface area (Å²) in [5.41, 5.74) is -1.75. The molecule has 0 saturated carbocycles. The van der Waals surface area contributed by atoms with E-state index in [-0.39, 0.29) is 11.6 Å². The molecule has 10 heteroatoms. The molecule has 1 N–H and O–H groups in total. The van der Waals surface area contributed by atoms with Gasteiger partial charge in [-0.25, -0.2) is 9.59 Å². The van der Waals surface area contributed by atoms with Gasteiger partial charge < -0.3 is 14.8 Å². The summed E-state index contributed by atoms with van der Waals surface area (Å²) in [5.74, 6) is -0.675. The number of nitrogens with one attached hydrogen (secondary N) is 1. The Kier molecular flexibility index (Phi) is 9.01. The number of carbonyl (C=O) groups is 2. The zero-order valence-electron chi connectivity index (χ0n) is 18.2. The highest BCUT2D eigenvalue weighted by atomic mass is 32.1. The topological polar surface area (TPSA) is 67.9 Å². The number of halogens is 3. The van der Waals surface area contributed by atoms with E-state index in [4.69, 9.17) is 9.47 Å². The first kappa shape index (κ1) is 26.8. The van der Waals surface area contributed by atoms with Crippen molar-refractivity contribution in [3.05, 3.63) is 47.5 Å². The highest BCUT2D eigenvalue weighted by Gasteiger charge is 2.36. The minimum atomic E-state index is -4.54. The van der Waals surface area contributed by atoms with E-state index < -0.39 is 42.0 Å². The molecular weight excluding hydrogens is 433 g/mol. The number of urea groups is 1. The van der Waals surface area contributed by atoms with Crippen LogP contribution < -0.4 is 5.32 Å². The van der Waals surface area contributed by atoms with Crippen molar-refractivity contribution in [3.8, 4) is 0 Å². The Balaban J connectivity index is 3.04. The fourth-order valence-electron chi connectivity index (χ4n) is 2.38. The van der Waals surface area contributed by atoms with Crippen molar-refractivity contribution in [2.75, 3.05) is 13.2 Å². The maximum atomic E-state index is 12.9. The number of benzene rings is 1. The Labute approximate surface area is 186 Å². The molecule has 0 heterocycles. The minimum Gasteiger partial charge on any atom is -0.458 e. The molecule has 1 aromatic carbocycles. The molecule has 174 valence electrons. The lowest BCUT2D eigenvalue weighted by Gasteiger charge is -2.33. The largest absolute Gasteiger partial charge is 0.458 e. The van der Waals surface area contributed by atoms with Gasteiger partial charge in [0.2, 0.25) is 0 Å². The van der Waals surface area contributed by atoms with Crippen molar-refractivity contribution in [2.24, 2.45) is 0 Å². The van der Waals surface area contributed by atoms with Gasteiger partial charge in [0.1, 0.15) is 23.9 Å². The number of ether oxygens (including phenoxy) is 2. The molecule has 0 aromatic heterocycles. The van der Waals surface area contributed by atoms with E-state index in [0.717, 1.165) is 4.90 Å². The van der Waals surface area contributed by atoms with Crippen molar-refractivity contribution in [3.63, 3.8) is 0 Å². The quantitative estimate of drug-likeness (QED) is 0.429. The van der Waals surface area contributed by atoms with E-state index in [0.29, 0.717) is 5.56 Å². The second-order valence-corrected chi connectivity index (χ2v) is 8.93. The summed E-state index contributed by atoms with van der Waals surface area (Å²) in [5, 5.41) is 2.48. The number of hydrogen-bond donors (Lipinski definition) is 2. The predicted octanol–water partition coefficient (Wildman–Crippen LogP) is 4.84. The van der Waals surface area contributed by atoms with Crippen LogP contribution in [0.5, 0.6) is 0 Å². The maximum Gasteiger partial charge on any atom is 0.411 e. The first-order valence-electron chi connectivity index (χ1n) is 9.46. The van der Waals surface area contributed by atoms with Gasteiger partial charge in [-0.15, -0.1) is 12.6 Å². The number of esters is 1. The normalized spacial score (nSPS) is 13.3. The number of hydrogen-bond acceptors (Lipinski definition) is 5. The number of nitrogens with zero attached hydrogens (tertiary/aromatic N) is 1. The summed E-state index contributed by atoms with van der Waals surface area (Å²) in [6, 6.07) is 7.38. The monoisotopic (exact) mass is 462 g/mol. The lowest BCUT2D eigenvalue weighted by atomic mass is 10.1. The van der Waals surface area contributed by atoms with Gasteiger partial charge in [-0.05, 0) is 40.2 Å². The van der Waals surface area contributed by atoms with Crippen LogP contribution in [0.1, 0.15) is 46.3 Å². The van der Waals surface area contributed by atoms with E-state index in [9.17, 15) is 22.8 Å². The van der Waals surface area contributed by atoms with Crippen LogP contribution in [0.25, 0.3) is 0 Å². The van der Waals surface area contributed by atoms with E-state index in [1.807, 2.05) is 0 Å². The van der Waals surface area contributed by atoms with Crippen molar-refractivity contribution >= 4 is 24.6 Å². The SMILES string of the molecule is C=C(S)N(CC(OCC(F)(F)F)c1ccccc1)C(=O)NC(C)(C)C(=O)OC(C)(C)C. The lowest BCUT2D eigenvalue weighted by Crippen LogP contribution is -2.55. The van der Waals surface area contributed by atoms with Crippen LogP contribution in [0.4, 0.5) is 18.0 Å². The third-order valence-electron chi connectivity index (χ3n) is 3.85. The Morgan fingerprint density at radius 2 is 1.68 bits per heavy atom. The third-order valence-corrected chi connectivity index (χ3v) is 4.09. The van der Waals surface area contributed by atoms with Crippen molar-refractivity contribution < 1.29 is 32.2 Å². The molecule has 1 unspecified atom stereocenters. The molecule has 0 aliphatic rings. The molecule has 0 aliphatic carbocycles. The van der Waals surface area contributed by atoms with Crippen LogP contribution in [-0.4, -0.2) is 47.4 Å². The Hall–Kier alpha value is -2.20. The molecule has 0 fully saturated rings. The van der Waals surface area contributed by atoms with Crippen molar-refractivity contribution in [2.45, 2.75) is 58.0 Å².